The zero-order valence-electron chi connectivity index (χ0n) is 20.4. The summed E-state index contributed by atoms with van der Waals surface area (Å²) in [5.74, 6) is 3.80. The van der Waals surface area contributed by atoms with Crippen molar-refractivity contribution in [1.29, 1.82) is 0 Å². The van der Waals surface area contributed by atoms with Crippen molar-refractivity contribution in [3.8, 4) is 5.75 Å². The van der Waals surface area contributed by atoms with Crippen molar-refractivity contribution in [3.05, 3.63) is 65.3 Å². The van der Waals surface area contributed by atoms with Crippen molar-refractivity contribution in [1.82, 2.24) is 14.5 Å². The lowest BCUT2D eigenvalue weighted by Crippen LogP contribution is -2.27. The third-order valence-electron chi connectivity index (χ3n) is 6.26. The molecule has 0 aliphatic carbocycles. The van der Waals surface area contributed by atoms with Crippen LogP contribution in [0, 0.1) is 5.92 Å². The molecule has 1 aliphatic heterocycles. The van der Waals surface area contributed by atoms with Crippen LogP contribution in [0.15, 0.2) is 58.9 Å². The summed E-state index contributed by atoms with van der Waals surface area (Å²) >= 11 is 1.78. The highest BCUT2D eigenvalue weighted by Crippen LogP contribution is 2.26. The molecule has 0 saturated carbocycles. The maximum Gasteiger partial charge on any atom is 0.119 e. The number of likely N-dealkylation sites (N-methyl/N-ethyl adjacent to an activating group) is 1. The first-order chi connectivity index (χ1) is 16.6. The van der Waals surface area contributed by atoms with Crippen LogP contribution in [0.2, 0.25) is 0 Å². The van der Waals surface area contributed by atoms with Gasteiger partial charge in [-0.15, -0.1) is 11.8 Å². The van der Waals surface area contributed by atoms with Crippen LogP contribution >= 0.6 is 11.8 Å². The van der Waals surface area contributed by atoms with Gasteiger partial charge in [0.05, 0.1) is 23.3 Å². The Labute approximate surface area is 206 Å². The van der Waals surface area contributed by atoms with Gasteiger partial charge < -0.3 is 19.9 Å². The highest BCUT2D eigenvalue weighted by molar-refractivity contribution is 8.02. The number of amidine groups is 1. The van der Waals surface area contributed by atoms with Gasteiger partial charge >= 0.3 is 0 Å². The summed E-state index contributed by atoms with van der Waals surface area (Å²) in [6.45, 7) is 11.1. The molecule has 1 aliphatic rings. The fourth-order valence-electron chi connectivity index (χ4n) is 4.24. The lowest BCUT2D eigenvalue weighted by atomic mass is 10.1. The molecule has 1 atom stereocenters. The fourth-order valence-corrected chi connectivity index (χ4v) is 5.14. The first-order valence-electron chi connectivity index (χ1n) is 12.2. The largest absolute Gasteiger partial charge is 0.494 e. The molecule has 0 spiro atoms. The van der Waals surface area contributed by atoms with E-state index in [0.29, 0.717) is 12.4 Å². The second kappa shape index (κ2) is 11.6. The lowest BCUT2D eigenvalue weighted by Gasteiger charge is -2.19. The third-order valence-corrected chi connectivity index (χ3v) is 7.16. The van der Waals surface area contributed by atoms with Gasteiger partial charge in [0.25, 0.3) is 0 Å². The van der Waals surface area contributed by atoms with Gasteiger partial charge in [-0.25, -0.2) is 9.98 Å². The van der Waals surface area contributed by atoms with E-state index in [4.69, 9.17) is 20.4 Å². The summed E-state index contributed by atoms with van der Waals surface area (Å²) in [4.78, 5) is 12.2. The number of rotatable bonds is 11. The molecular weight excluding hydrogens is 442 g/mol. The van der Waals surface area contributed by atoms with Gasteiger partial charge in [0, 0.05) is 31.2 Å². The van der Waals surface area contributed by atoms with E-state index in [9.17, 15) is 0 Å². The molecule has 2 N–H and O–H groups in total. The highest BCUT2D eigenvalue weighted by Gasteiger charge is 2.16. The molecule has 0 bridgehead atoms. The first-order valence-corrected chi connectivity index (χ1v) is 13.2. The maximum atomic E-state index is 6.28. The number of benzene rings is 2. The van der Waals surface area contributed by atoms with Crippen molar-refractivity contribution in [3.63, 3.8) is 0 Å². The van der Waals surface area contributed by atoms with Crippen LogP contribution in [0.5, 0.6) is 5.75 Å². The quantitative estimate of drug-likeness (QED) is 0.302. The third kappa shape index (κ3) is 5.83. The number of aliphatic imine (C=N–C) groups is 1. The molecule has 1 aromatic heterocycles. The molecule has 2 aromatic carbocycles. The van der Waals surface area contributed by atoms with E-state index in [1.54, 1.807) is 11.8 Å². The Morgan fingerprint density at radius 3 is 2.65 bits per heavy atom. The van der Waals surface area contributed by atoms with Crippen molar-refractivity contribution in [2.75, 3.05) is 32.0 Å². The molecule has 4 rings (SSSR count). The molecule has 0 amide bonds. The van der Waals surface area contributed by atoms with Crippen molar-refractivity contribution >= 4 is 34.3 Å². The van der Waals surface area contributed by atoms with E-state index < -0.39 is 0 Å². The number of nitrogens with two attached hydrogens (primary N) is 1. The van der Waals surface area contributed by atoms with E-state index in [-0.39, 0.29) is 5.92 Å². The summed E-state index contributed by atoms with van der Waals surface area (Å²) in [7, 11) is 0. The van der Waals surface area contributed by atoms with Crippen LogP contribution < -0.4 is 10.5 Å². The van der Waals surface area contributed by atoms with Crippen LogP contribution in [-0.4, -0.2) is 52.3 Å². The summed E-state index contributed by atoms with van der Waals surface area (Å²) in [6.07, 6.45) is 2.89. The normalized spacial score (nSPS) is 16.1. The van der Waals surface area contributed by atoms with Gasteiger partial charge in [0.1, 0.15) is 17.4 Å². The minimum atomic E-state index is 0.211. The number of nitrogens with zero attached hydrogens (tertiary/aromatic N) is 4. The second-order valence-corrected chi connectivity index (χ2v) is 9.38. The van der Waals surface area contributed by atoms with Gasteiger partial charge in [0.2, 0.25) is 0 Å². The van der Waals surface area contributed by atoms with E-state index in [1.807, 2.05) is 19.1 Å². The molecule has 7 heteroatoms. The van der Waals surface area contributed by atoms with Crippen molar-refractivity contribution in [2.24, 2.45) is 16.6 Å². The Bertz CT molecular complexity index is 1150. The van der Waals surface area contributed by atoms with Crippen LogP contribution in [0.1, 0.15) is 32.2 Å². The fraction of sp³-hybridized carbons (Fsp3) is 0.407. The molecule has 3 aromatic rings. The number of hydrogen-bond acceptors (Lipinski definition) is 5. The predicted octanol–water partition coefficient (Wildman–Crippen LogP) is 5.23. The Balaban J connectivity index is 1.64. The number of aromatic nitrogens is 2. The molecule has 1 unspecified atom stereocenters. The summed E-state index contributed by atoms with van der Waals surface area (Å²) in [5, 5.41) is 2.10. The molecule has 6 nitrogen and oxygen atoms in total. The van der Waals surface area contributed by atoms with E-state index in [1.165, 1.54) is 5.56 Å². The first kappa shape index (κ1) is 24.4. The minimum absolute atomic E-state index is 0.211. The highest BCUT2D eigenvalue weighted by atomic mass is 32.2. The Hall–Kier alpha value is -2.77. The zero-order valence-corrected chi connectivity index (χ0v) is 21.2. The van der Waals surface area contributed by atoms with Crippen LogP contribution in [0.25, 0.3) is 11.0 Å². The van der Waals surface area contributed by atoms with E-state index in [2.05, 4.69) is 65.1 Å². The molecule has 0 saturated heterocycles. The molecule has 0 radical (unpaired) electrons. The average molecular weight is 478 g/mol. The van der Waals surface area contributed by atoms with Gasteiger partial charge in [0.15, 0.2) is 0 Å². The Morgan fingerprint density at radius 1 is 1.18 bits per heavy atom. The van der Waals surface area contributed by atoms with Crippen LogP contribution in [-0.2, 0) is 13.0 Å². The Kier molecular flexibility index (Phi) is 8.29. The van der Waals surface area contributed by atoms with Crippen LogP contribution in [0.4, 0.5) is 5.69 Å². The van der Waals surface area contributed by atoms with Gasteiger partial charge in [-0.2, -0.15) is 0 Å². The summed E-state index contributed by atoms with van der Waals surface area (Å²) < 4.78 is 7.96. The monoisotopic (exact) mass is 477 g/mol. The standard InChI is InChI=1S/C27H35N5OS/c1-4-31(5-2)14-15-32-25-12-9-22(29-27(28)21-13-16-34-19-21)18-24(25)30-26(32)17-20-7-10-23(11-8-20)33-6-3/h7-13,16,18,21H,4-6,14-15,17,19H2,1-3H3,(H2,28,29). The maximum absolute atomic E-state index is 6.28. The second-order valence-electron chi connectivity index (χ2n) is 8.44. The van der Waals surface area contributed by atoms with Crippen LogP contribution in [0.3, 0.4) is 0 Å². The predicted molar refractivity (Wildman–Crippen MR) is 144 cm³/mol. The Morgan fingerprint density at radius 2 is 1.97 bits per heavy atom. The lowest BCUT2D eigenvalue weighted by molar-refractivity contribution is 0.291. The number of ether oxygens (including phenoxy) is 1. The minimum Gasteiger partial charge on any atom is -0.494 e. The van der Waals surface area contributed by atoms with Gasteiger partial charge in [-0.1, -0.05) is 32.1 Å². The number of imidazole rings is 1. The molecule has 34 heavy (non-hydrogen) atoms. The van der Waals surface area contributed by atoms with Gasteiger partial charge in [-0.3, -0.25) is 0 Å². The molecule has 2 heterocycles. The smallest absolute Gasteiger partial charge is 0.119 e. The number of hydrogen-bond donors (Lipinski definition) is 1. The molecular formula is C27H35N5OS. The SMILES string of the molecule is CCOc1ccc(Cc2nc3cc(N=C(N)C4C=CSC4)ccc3n2CCN(CC)CC)cc1. The number of fused-ring (bicyclic) bond motifs is 1. The average Bonchev–Trinajstić information content (AvgIpc) is 3.50. The molecule has 180 valence electrons. The zero-order chi connectivity index (χ0) is 23.9. The summed E-state index contributed by atoms with van der Waals surface area (Å²) in [6, 6.07) is 14.6. The van der Waals surface area contributed by atoms with Gasteiger partial charge in [-0.05, 0) is 61.3 Å². The van der Waals surface area contributed by atoms with Crippen molar-refractivity contribution < 1.29 is 4.74 Å². The van der Waals surface area contributed by atoms with Crippen molar-refractivity contribution in [2.45, 2.75) is 33.7 Å². The molecule has 0 fully saturated rings. The van der Waals surface area contributed by atoms with E-state index in [0.717, 1.165) is 66.6 Å². The number of thioether (sulfide) groups is 1. The van der Waals surface area contributed by atoms with E-state index >= 15 is 0 Å². The summed E-state index contributed by atoms with van der Waals surface area (Å²) in [5.41, 5.74) is 10.5. The topological polar surface area (TPSA) is 68.7 Å².